The average molecular weight is 392 g/mol. The second kappa shape index (κ2) is 9.92. The Morgan fingerprint density at radius 3 is 2.68 bits per heavy atom. The fourth-order valence-electron chi connectivity index (χ4n) is 3.46. The van der Waals surface area contributed by atoms with Crippen molar-refractivity contribution in [2.75, 3.05) is 26.3 Å². The molecule has 6 nitrogen and oxygen atoms in total. The van der Waals surface area contributed by atoms with Gasteiger partial charge in [0.05, 0.1) is 12.7 Å². The molecule has 1 fully saturated rings. The van der Waals surface area contributed by atoms with E-state index >= 15 is 0 Å². The van der Waals surface area contributed by atoms with Gasteiger partial charge in [-0.05, 0) is 53.0 Å². The van der Waals surface area contributed by atoms with Crippen molar-refractivity contribution in [3.8, 4) is 0 Å². The zero-order valence-corrected chi connectivity index (χ0v) is 17.7. The van der Waals surface area contributed by atoms with Crippen LogP contribution in [-0.4, -0.2) is 48.9 Å². The van der Waals surface area contributed by atoms with Gasteiger partial charge in [-0.3, -0.25) is 0 Å². The van der Waals surface area contributed by atoms with Crippen LogP contribution in [0.4, 0.5) is 4.79 Å². The summed E-state index contributed by atoms with van der Waals surface area (Å²) in [6.45, 7) is 10.8. The van der Waals surface area contributed by atoms with Crippen LogP contribution in [0.5, 0.6) is 0 Å². The number of amides is 1. The lowest BCUT2D eigenvalue weighted by molar-refractivity contribution is -0.152. The minimum atomic E-state index is -0.527. The normalized spacial score (nSPS) is 18.5. The van der Waals surface area contributed by atoms with Gasteiger partial charge in [0.15, 0.2) is 0 Å². The molecule has 1 amide bonds. The van der Waals surface area contributed by atoms with E-state index in [1.807, 2.05) is 45.9 Å². The number of hydrogen-bond acceptors (Lipinski definition) is 5. The summed E-state index contributed by atoms with van der Waals surface area (Å²) in [5.41, 5.74) is 1.61. The molecule has 0 unspecified atom stereocenters. The van der Waals surface area contributed by atoms with E-state index in [-0.39, 0.29) is 30.7 Å². The number of carbonyl (C=O) groups is 2. The van der Waals surface area contributed by atoms with Gasteiger partial charge in [-0.25, -0.2) is 9.59 Å². The number of benzene rings is 1. The molecule has 6 heteroatoms. The standard InChI is InChI=1S/C22H33NO5/c1-6-26-19(24)15-27-20(17-10-7-9-16(2)13-17)18-11-8-12-23(14-18)21(25)28-22(3,4)5/h7,9-10,13,18,20H,6,8,11-12,14-15H2,1-5H3/t18-,20+/m1/s1. The second-order valence-electron chi connectivity index (χ2n) is 8.28. The van der Waals surface area contributed by atoms with Crippen molar-refractivity contribution in [1.29, 1.82) is 0 Å². The smallest absolute Gasteiger partial charge is 0.410 e. The van der Waals surface area contributed by atoms with E-state index in [1.54, 1.807) is 11.8 Å². The number of aryl methyl sites for hydroxylation is 1. The summed E-state index contributed by atoms with van der Waals surface area (Å²) >= 11 is 0. The first-order valence-corrected chi connectivity index (χ1v) is 10.0. The molecule has 0 spiro atoms. The highest BCUT2D eigenvalue weighted by Gasteiger charge is 2.33. The SMILES string of the molecule is CCOC(=O)CO[C@@H](c1cccc(C)c1)[C@@H]1CCCN(C(=O)OC(C)(C)C)C1. The van der Waals surface area contributed by atoms with Crippen LogP contribution in [0.1, 0.15) is 57.8 Å². The highest BCUT2D eigenvalue weighted by Crippen LogP contribution is 2.33. The van der Waals surface area contributed by atoms with E-state index in [0.29, 0.717) is 19.7 Å². The van der Waals surface area contributed by atoms with Gasteiger partial charge in [0.1, 0.15) is 12.2 Å². The van der Waals surface area contributed by atoms with E-state index in [9.17, 15) is 9.59 Å². The number of hydrogen-bond donors (Lipinski definition) is 0. The molecule has 0 aliphatic carbocycles. The van der Waals surface area contributed by atoms with Gasteiger partial charge in [-0.2, -0.15) is 0 Å². The quantitative estimate of drug-likeness (QED) is 0.678. The molecule has 2 rings (SSSR count). The molecule has 2 atom stereocenters. The molecule has 1 heterocycles. The predicted molar refractivity (Wildman–Crippen MR) is 107 cm³/mol. The highest BCUT2D eigenvalue weighted by atomic mass is 16.6. The topological polar surface area (TPSA) is 65.1 Å². The molecule has 1 aromatic carbocycles. The Morgan fingerprint density at radius 1 is 1.29 bits per heavy atom. The van der Waals surface area contributed by atoms with E-state index < -0.39 is 5.60 Å². The molecule has 1 aliphatic rings. The number of likely N-dealkylation sites (tertiary alicyclic amines) is 1. The number of rotatable bonds is 6. The molecule has 0 saturated carbocycles. The van der Waals surface area contributed by atoms with Crippen LogP contribution in [-0.2, 0) is 19.0 Å². The van der Waals surface area contributed by atoms with Crippen molar-refractivity contribution in [2.45, 2.75) is 59.2 Å². The fraction of sp³-hybridized carbons (Fsp3) is 0.636. The first-order valence-electron chi connectivity index (χ1n) is 10.0. The molecular formula is C22H33NO5. The van der Waals surface area contributed by atoms with Crippen LogP contribution < -0.4 is 0 Å². The van der Waals surface area contributed by atoms with Crippen LogP contribution in [0.2, 0.25) is 0 Å². The number of piperidine rings is 1. The third-order valence-corrected chi connectivity index (χ3v) is 4.59. The van der Waals surface area contributed by atoms with Crippen molar-refractivity contribution in [1.82, 2.24) is 4.90 Å². The van der Waals surface area contributed by atoms with Crippen LogP contribution in [0, 0.1) is 12.8 Å². The largest absolute Gasteiger partial charge is 0.464 e. The number of carbonyl (C=O) groups excluding carboxylic acids is 2. The number of esters is 1. The highest BCUT2D eigenvalue weighted by molar-refractivity contribution is 5.70. The second-order valence-corrected chi connectivity index (χ2v) is 8.28. The Morgan fingerprint density at radius 2 is 2.04 bits per heavy atom. The first-order chi connectivity index (χ1) is 13.2. The molecule has 0 bridgehead atoms. The molecule has 1 aliphatic heterocycles. The minimum absolute atomic E-state index is 0.0810. The van der Waals surface area contributed by atoms with Crippen molar-refractivity contribution in [3.63, 3.8) is 0 Å². The maximum Gasteiger partial charge on any atom is 0.410 e. The zero-order chi connectivity index (χ0) is 20.7. The lowest BCUT2D eigenvalue weighted by atomic mass is 9.88. The first kappa shape index (κ1) is 22.2. The minimum Gasteiger partial charge on any atom is -0.464 e. The molecule has 0 N–H and O–H groups in total. The van der Waals surface area contributed by atoms with Gasteiger partial charge in [0.2, 0.25) is 0 Å². The van der Waals surface area contributed by atoms with Gasteiger partial charge in [-0.15, -0.1) is 0 Å². The third kappa shape index (κ3) is 6.82. The third-order valence-electron chi connectivity index (χ3n) is 4.59. The molecular weight excluding hydrogens is 358 g/mol. The van der Waals surface area contributed by atoms with Crippen LogP contribution >= 0.6 is 0 Å². The summed E-state index contributed by atoms with van der Waals surface area (Å²) in [6, 6.07) is 8.09. The monoisotopic (exact) mass is 391 g/mol. The van der Waals surface area contributed by atoms with Crippen molar-refractivity contribution >= 4 is 12.1 Å². The van der Waals surface area contributed by atoms with E-state index in [2.05, 4.69) is 6.07 Å². The Kier molecular flexibility index (Phi) is 7.87. The summed E-state index contributed by atoms with van der Waals surface area (Å²) < 4.78 is 16.5. The average Bonchev–Trinajstić information content (AvgIpc) is 2.61. The summed E-state index contributed by atoms with van der Waals surface area (Å²) in [4.78, 5) is 26.1. The van der Waals surface area contributed by atoms with Crippen LogP contribution in [0.25, 0.3) is 0 Å². The maximum absolute atomic E-state index is 12.5. The van der Waals surface area contributed by atoms with Gasteiger partial charge in [0, 0.05) is 19.0 Å². The Balaban J connectivity index is 2.14. The van der Waals surface area contributed by atoms with Crippen molar-refractivity contribution in [3.05, 3.63) is 35.4 Å². The maximum atomic E-state index is 12.5. The predicted octanol–water partition coefficient (Wildman–Crippen LogP) is 4.26. The lowest BCUT2D eigenvalue weighted by Gasteiger charge is -2.37. The molecule has 0 aromatic heterocycles. The Bertz CT molecular complexity index is 667. The zero-order valence-electron chi connectivity index (χ0n) is 17.7. The molecule has 1 saturated heterocycles. The number of ether oxygens (including phenoxy) is 3. The van der Waals surface area contributed by atoms with Gasteiger partial charge >= 0.3 is 12.1 Å². The molecule has 0 radical (unpaired) electrons. The Labute approximate surface area is 168 Å². The molecule has 156 valence electrons. The van der Waals surface area contributed by atoms with E-state index in [0.717, 1.165) is 24.0 Å². The van der Waals surface area contributed by atoms with E-state index in [4.69, 9.17) is 14.2 Å². The number of nitrogens with zero attached hydrogens (tertiary/aromatic N) is 1. The fourth-order valence-corrected chi connectivity index (χ4v) is 3.46. The summed E-state index contributed by atoms with van der Waals surface area (Å²) in [5, 5.41) is 0. The van der Waals surface area contributed by atoms with E-state index in [1.165, 1.54) is 0 Å². The summed E-state index contributed by atoms with van der Waals surface area (Å²) in [7, 11) is 0. The van der Waals surface area contributed by atoms with Gasteiger partial charge in [-0.1, -0.05) is 29.8 Å². The summed E-state index contributed by atoms with van der Waals surface area (Å²) in [6.07, 6.45) is 1.20. The van der Waals surface area contributed by atoms with Crippen LogP contribution in [0.15, 0.2) is 24.3 Å². The Hall–Kier alpha value is -2.08. The van der Waals surface area contributed by atoms with Gasteiger partial charge in [0.25, 0.3) is 0 Å². The lowest BCUT2D eigenvalue weighted by Crippen LogP contribution is -2.44. The van der Waals surface area contributed by atoms with Crippen LogP contribution in [0.3, 0.4) is 0 Å². The van der Waals surface area contributed by atoms with Crippen molar-refractivity contribution < 1.29 is 23.8 Å². The van der Waals surface area contributed by atoms with Crippen molar-refractivity contribution in [2.24, 2.45) is 5.92 Å². The van der Waals surface area contributed by atoms with Gasteiger partial charge < -0.3 is 19.1 Å². The molecule has 28 heavy (non-hydrogen) atoms. The molecule has 1 aromatic rings. The summed E-state index contributed by atoms with van der Waals surface area (Å²) in [5.74, 6) is -0.294.